The summed E-state index contributed by atoms with van der Waals surface area (Å²) in [7, 11) is -2.43. The lowest BCUT2D eigenvalue weighted by Gasteiger charge is -2.07. The van der Waals surface area contributed by atoms with Gasteiger partial charge in [0.15, 0.2) is 0 Å². The number of hydrazone groups is 1. The number of carbonyl (C=O) groups excluding carboxylic acids is 1. The maximum Gasteiger partial charge on any atom is 0.337 e. The number of benzene rings is 3. The average molecular weight is 459 g/mol. The number of hydrogen-bond donors (Lipinski definition) is 1. The van der Waals surface area contributed by atoms with Gasteiger partial charge in [0, 0.05) is 5.02 Å². The summed E-state index contributed by atoms with van der Waals surface area (Å²) in [4.78, 5) is 13.7. The molecule has 0 saturated heterocycles. The van der Waals surface area contributed by atoms with Crippen LogP contribution in [-0.2, 0) is 21.4 Å². The van der Waals surface area contributed by atoms with E-state index in [1.165, 1.54) is 37.6 Å². The zero-order chi connectivity index (χ0) is 22.3. The summed E-state index contributed by atoms with van der Waals surface area (Å²) >= 11 is 5.77. The lowest BCUT2D eigenvalue weighted by molar-refractivity contribution is 0.0600. The first kappa shape index (κ1) is 22.3. The van der Waals surface area contributed by atoms with Crippen molar-refractivity contribution in [3.63, 3.8) is 0 Å². The molecule has 0 fully saturated rings. The maximum absolute atomic E-state index is 12.2. The van der Waals surface area contributed by atoms with E-state index in [9.17, 15) is 13.2 Å². The van der Waals surface area contributed by atoms with E-state index in [1.807, 2.05) is 0 Å². The number of esters is 1. The van der Waals surface area contributed by atoms with Crippen LogP contribution in [0.2, 0.25) is 5.02 Å². The van der Waals surface area contributed by atoms with E-state index in [-0.39, 0.29) is 10.9 Å². The Balaban J connectivity index is 1.54. The third kappa shape index (κ3) is 6.31. The topological polar surface area (TPSA) is 94.1 Å². The molecule has 0 amide bonds. The molecule has 0 aliphatic carbocycles. The lowest BCUT2D eigenvalue weighted by atomic mass is 10.1. The molecule has 0 aromatic heterocycles. The first-order valence-electron chi connectivity index (χ1n) is 9.08. The van der Waals surface area contributed by atoms with Gasteiger partial charge in [-0.3, -0.25) is 0 Å². The number of methoxy groups -OCH3 is 1. The molecule has 0 aliphatic heterocycles. The van der Waals surface area contributed by atoms with Crippen LogP contribution in [0.4, 0.5) is 0 Å². The molecule has 3 rings (SSSR count). The predicted octanol–water partition coefficient (Wildman–Crippen LogP) is 4.02. The third-order valence-corrected chi connectivity index (χ3v) is 5.66. The van der Waals surface area contributed by atoms with Crippen LogP contribution in [0.5, 0.6) is 5.75 Å². The van der Waals surface area contributed by atoms with Gasteiger partial charge in [0.2, 0.25) is 0 Å². The molecule has 7 nitrogen and oxygen atoms in total. The quantitative estimate of drug-likeness (QED) is 0.312. The highest BCUT2D eigenvalue weighted by molar-refractivity contribution is 7.89. The third-order valence-electron chi connectivity index (χ3n) is 4.17. The Hall–Kier alpha value is -3.36. The van der Waals surface area contributed by atoms with Crippen LogP contribution in [0.3, 0.4) is 0 Å². The molecule has 160 valence electrons. The lowest BCUT2D eigenvalue weighted by Crippen LogP contribution is -2.18. The summed E-state index contributed by atoms with van der Waals surface area (Å²) < 4.78 is 34.7. The SMILES string of the molecule is COC(=O)c1ccc(COc2ccc(/C=N\NS(=O)(=O)c3ccc(Cl)cc3)cc2)cc1. The van der Waals surface area contributed by atoms with Crippen LogP contribution in [0.15, 0.2) is 82.8 Å². The first-order valence-corrected chi connectivity index (χ1v) is 10.9. The largest absolute Gasteiger partial charge is 0.489 e. The van der Waals surface area contributed by atoms with Crippen molar-refractivity contribution in [2.75, 3.05) is 7.11 Å². The summed E-state index contributed by atoms with van der Waals surface area (Å²) in [5.74, 6) is 0.246. The van der Waals surface area contributed by atoms with Gasteiger partial charge in [-0.2, -0.15) is 13.5 Å². The van der Waals surface area contributed by atoms with Crippen molar-refractivity contribution in [2.24, 2.45) is 5.10 Å². The highest BCUT2D eigenvalue weighted by Crippen LogP contribution is 2.15. The Morgan fingerprint density at radius 1 is 1.00 bits per heavy atom. The van der Waals surface area contributed by atoms with Crippen molar-refractivity contribution in [1.82, 2.24) is 4.83 Å². The first-order chi connectivity index (χ1) is 14.9. The molecular formula is C22H19ClN2O5S. The van der Waals surface area contributed by atoms with E-state index in [2.05, 4.69) is 14.7 Å². The van der Waals surface area contributed by atoms with E-state index in [4.69, 9.17) is 16.3 Å². The zero-order valence-corrected chi connectivity index (χ0v) is 18.1. The van der Waals surface area contributed by atoms with E-state index in [0.717, 1.165) is 5.56 Å². The molecule has 0 atom stereocenters. The fraction of sp³-hybridized carbons (Fsp3) is 0.0909. The van der Waals surface area contributed by atoms with E-state index >= 15 is 0 Å². The molecule has 0 radical (unpaired) electrons. The highest BCUT2D eigenvalue weighted by atomic mass is 35.5. The number of nitrogens with zero attached hydrogens (tertiary/aromatic N) is 1. The minimum atomic E-state index is -3.77. The Bertz CT molecular complexity index is 1160. The zero-order valence-electron chi connectivity index (χ0n) is 16.5. The molecule has 0 bridgehead atoms. The molecule has 3 aromatic rings. The van der Waals surface area contributed by atoms with Crippen LogP contribution in [-0.4, -0.2) is 27.7 Å². The van der Waals surface area contributed by atoms with Gasteiger partial charge in [0.05, 0.1) is 23.8 Å². The van der Waals surface area contributed by atoms with Crippen molar-refractivity contribution in [1.29, 1.82) is 0 Å². The van der Waals surface area contributed by atoms with E-state index in [0.29, 0.717) is 28.5 Å². The van der Waals surface area contributed by atoms with E-state index in [1.54, 1.807) is 48.5 Å². The Kier molecular flexibility index (Phi) is 7.28. The molecule has 1 N–H and O–H groups in total. The number of hydrogen-bond acceptors (Lipinski definition) is 6. The molecule has 0 aliphatic rings. The molecule has 3 aromatic carbocycles. The van der Waals surface area contributed by atoms with Gasteiger partial charge in [-0.15, -0.1) is 0 Å². The maximum atomic E-state index is 12.2. The predicted molar refractivity (Wildman–Crippen MR) is 118 cm³/mol. The van der Waals surface area contributed by atoms with Gasteiger partial charge in [0.25, 0.3) is 10.0 Å². The van der Waals surface area contributed by atoms with Gasteiger partial charge in [-0.1, -0.05) is 23.7 Å². The summed E-state index contributed by atoms with van der Waals surface area (Å²) in [6.07, 6.45) is 1.39. The van der Waals surface area contributed by atoms with Crippen molar-refractivity contribution in [2.45, 2.75) is 11.5 Å². The molecular weight excluding hydrogens is 440 g/mol. The monoisotopic (exact) mass is 458 g/mol. The normalized spacial score (nSPS) is 11.3. The van der Waals surface area contributed by atoms with Crippen molar-refractivity contribution in [3.8, 4) is 5.75 Å². The van der Waals surface area contributed by atoms with Gasteiger partial charge >= 0.3 is 5.97 Å². The Morgan fingerprint density at radius 2 is 1.65 bits per heavy atom. The minimum Gasteiger partial charge on any atom is -0.489 e. The second-order valence-electron chi connectivity index (χ2n) is 6.35. The molecule has 9 heteroatoms. The van der Waals surface area contributed by atoms with Crippen molar-refractivity contribution < 1.29 is 22.7 Å². The van der Waals surface area contributed by atoms with Gasteiger partial charge < -0.3 is 9.47 Å². The van der Waals surface area contributed by atoms with Gasteiger partial charge in [-0.25, -0.2) is 9.63 Å². The Labute approximate surface area is 185 Å². The highest BCUT2D eigenvalue weighted by Gasteiger charge is 2.12. The number of carbonyl (C=O) groups is 1. The summed E-state index contributed by atoms with van der Waals surface area (Å²) in [5, 5.41) is 4.24. The van der Waals surface area contributed by atoms with Crippen LogP contribution >= 0.6 is 11.6 Å². The number of halogens is 1. The number of ether oxygens (including phenoxy) is 2. The number of nitrogens with one attached hydrogen (secondary N) is 1. The molecule has 31 heavy (non-hydrogen) atoms. The van der Waals surface area contributed by atoms with E-state index < -0.39 is 10.0 Å². The second-order valence-corrected chi connectivity index (χ2v) is 8.45. The number of rotatable bonds is 8. The summed E-state index contributed by atoms with van der Waals surface area (Å²) in [6.45, 7) is 0.329. The minimum absolute atomic E-state index is 0.0671. The molecule has 0 saturated carbocycles. The molecule has 0 spiro atoms. The fourth-order valence-electron chi connectivity index (χ4n) is 2.51. The van der Waals surface area contributed by atoms with Gasteiger partial charge in [-0.05, 0) is 71.8 Å². The van der Waals surface area contributed by atoms with Crippen LogP contribution in [0, 0.1) is 0 Å². The smallest absolute Gasteiger partial charge is 0.337 e. The standard InChI is InChI=1S/C22H19ClN2O5S/c1-29-22(26)18-6-2-17(3-7-18)15-30-20-10-4-16(5-11-20)14-24-25-31(27,28)21-12-8-19(23)9-13-21/h2-14,25H,15H2,1H3/b24-14-. The molecule has 0 heterocycles. The summed E-state index contributed by atoms with van der Waals surface area (Å²) in [6, 6.07) is 19.7. The fourth-order valence-corrected chi connectivity index (χ4v) is 3.43. The van der Waals surface area contributed by atoms with Crippen LogP contribution in [0.25, 0.3) is 0 Å². The summed E-state index contributed by atoms with van der Waals surface area (Å²) in [5.41, 5.74) is 2.06. The van der Waals surface area contributed by atoms with Gasteiger partial charge in [0.1, 0.15) is 12.4 Å². The number of sulfonamides is 1. The average Bonchev–Trinajstić information content (AvgIpc) is 2.78. The van der Waals surface area contributed by atoms with Crippen LogP contribution in [0.1, 0.15) is 21.5 Å². The molecule has 0 unspecified atom stereocenters. The van der Waals surface area contributed by atoms with Crippen LogP contribution < -0.4 is 9.57 Å². The van der Waals surface area contributed by atoms with Crippen molar-refractivity contribution >= 4 is 33.8 Å². The van der Waals surface area contributed by atoms with Crippen molar-refractivity contribution in [3.05, 3.63) is 94.5 Å². The Morgan fingerprint density at radius 3 is 2.26 bits per heavy atom. The second kappa shape index (κ2) is 10.1.